The van der Waals surface area contributed by atoms with Gasteiger partial charge in [0.15, 0.2) is 11.5 Å². The number of benzene rings is 2. The summed E-state index contributed by atoms with van der Waals surface area (Å²) in [6, 6.07) is 8.70. The lowest BCUT2D eigenvalue weighted by atomic mass is 9.63. The molecule has 0 saturated heterocycles. The maximum atomic E-state index is 13.4. The summed E-state index contributed by atoms with van der Waals surface area (Å²) in [6.45, 7) is 4.83. The van der Waals surface area contributed by atoms with Crippen molar-refractivity contribution in [3.05, 3.63) is 75.9 Å². The van der Waals surface area contributed by atoms with Crippen molar-refractivity contribution in [2.24, 2.45) is 35.5 Å². The molecule has 7 atom stereocenters. The lowest BCUT2D eigenvalue weighted by Crippen LogP contribution is -2.63. The molecule has 2 heterocycles. The summed E-state index contributed by atoms with van der Waals surface area (Å²) in [6.07, 6.45) is 13.3. The van der Waals surface area contributed by atoms with E-state index in [1.54, 1.807) is 0 Å². The summed E-state index contributed by atoms with van der Waals surface area (Å²) >= 11 is 0. The molecule has 4 aliphatic carbocycles. The smallest absolute Gasteiger partial charge is 0.315 e. The van der Waals surface area contributed by atoms with Gasteiger partial charge in [-0.1, -0.05) is 38.2 Å². The molecule has 4 bridgehead atoms. The van der Waals surface area contributed by atoms with Crippen LogP contribution in [0.25, 0.3) is 0 Å². The van der Waals surface area contributed by atoms with Gasteiger partial charge < -0.3 is 19.1 Å². The maximum absolute atomic E-state index is 13.4. The van der Waals surface area contributed by atoms with Crippen molar-refractivity contribution < 1.29 is 28.7 Å². The van der Waals surface area contributed by atoms with E-state index >= 15 is 0 Å². The van der Waals surface area contributed by atoms with Crippen molar-refractivity contribution >= 4 is 23.3 Å². The fraction of sp³-hybridized carbons (Fsp3) is 0.500. The number of esters is 2. The summed E-state index contributed by atoms with van der Waals surface area (Å²) < 4.78 is 18.9. The molecule has 0 radical (unpaired) electrons. The zero-order valence-corrected chi connectivity index (χ0v) is 25.9. The molecule has 2 fully saturated rings. The van der Waals surface area contributed by atoms with Crippen molar-refractivity contribution in [1.29, 1.82) is 0 Å². The van der Waals surface area contributed by atoms with Crippen LogP contribution in [0.15, 0.2) is 54.6 Å². The highest BCUT2D eigenvalue weighted by atomic mass is 16.6. The Hall–Kier alpha value is -4.14. The van der Waals surface area contributed by atoms with Crippen molar-refractivity contribution in [2.45, 2.75) is 63.4 Å². The van der Waals surface area contributed by atoms with E-state index in [4.69, 9.17) is 14.2 Å². The van der Waals surface area contributed by atoms with Gasteiger partial charge in [-0.05, 0) is 86.0 Å². The highest BCUT2D eigenvalue weighted by Gasteiger charge is 2.55. The van der Waals surface area contributed by atoms with Crippen LogP contribution in [0.1, 0.15) is 57.1 Å². The van der Waals surface area contributed by atoms with Gasteiger partial charge >= 0.3 is 11.9 Å². The first kappa shape index (κ1) is 28.3. The van der Waals surface area contributed by atoms with Crippen LogP contribution in [0.2, 0.25) is 0 Å². The Balaban J connectivity index is 1.11. The third-order valence-electron chi connectivity index (χ3n) is 11.7. The van der Waals surface area contributed by atoms with Crippen molar-refractivity contribution in [3.8, 4) is 17.2 Å². The Morgan fingerprint density at radius 2 is 1.60 bits per heavy atom. The zero-order valence-electron chi connectivity index (χ0n) is 25.9. The molecule has 6 aliphatic rings. The minimum Gasteiger partial charge on any atom is -0.480 e. The minimum absolute atomic E-state index is 0.100. The van der Waals surface area contributed by atoms with Crippen LogP contribution in [-0.2, 0) is 21.4 Å². The molecule has 6 unspecified atom stereocenters. The van der Waals surface area contributed by atoms with E-state index in [1.165, 1.54) is 12.1 Å². The maximum Gasteiger partial charge on any atom is 0.315 e. The molecule has 9 heteroatoms. The van der Waals surface area contributed by atoms with Gasteiger partial charge in [-0.2, -0.15) is 0 Å². The van der Waals surface area contributed by atoms with Gasteiger partial charge in [0.2, 0.25) is 0 Å². The number of aryl methyl sites for hydroxylation is 1. The molecule has 2 aliphatic heterocycles. The monoisotopic (exact) mass is 610 g/mol. The predicted octanol–water partition coefficient (Wildman–Crippen LogP) is 6.32. The molecular weight excluding hydrogens is 572 g/mol. The second-order valence-electron chi connectivity index (χ2n) is 14.6. The van der Waals surface area contributed by atoms with Crippen LogP contribution in [0.3, 0.4) is 0 Å². The largest absolute Gasteiger partial charge is 0.480 e. The Labute approximate surface area is 262 Å². The number of hydrogen-bond donors (Lipinski definition) is 0. The van der Waals surface area contributed by atoms with Crippen molar-refractivity contribution in [2.75, 3.05) is 18.5 Å². The molecule has 2 aromatic rings. The van der Waals surface area contributed by atoms with Gasteiger partial charge in [0.1, 0.15) is 11.4 Å². The van der Waals surface area contributed by atoms with Crippen LogP contribution in [0.4, 0.5) is 11.4 Å². The molecule has 0 aromatic heterocycles. The summed E-state index contributed by atoms with van der Waals surface area (Å²) in [7, 11) is 2.02. The molecule has 8 rings (SSSR count). The van der Waals surface area contributed by atoms with Crippen LogP contribution in [-0.4, -0.2) is 36.1 Å². The summed E-state index contributed by atoms with van der Waals surface area (Å²) in [5.74, 6) is 1.42. The average Bonchev–Trinajstić information content (AvgIpc) is 3.83. The number of rotatable bonds is 5. The number of nitrogens with zero attached hydrogens (tertiary/aromatic N) is 2. The third kappa shape index (κ3) is 4.41. The quantitative estimate of drug-likeness (QED) is 0.127. The Morgan fingerprint density at radius 1 is 0.933 bits per heavy atom. The number of carbonyl (C=O) groups excluding carboxylic acids is 2. The lowest BCUT2D eigenvalue weighted by Gasteiger charge is -2.55. The number of carbonyl (C=O) groups is 2. The van der Waals surface area contributed by atoms with E-state index in [2.05, 4.69) is 43.1 Å². The number of likely N-dealkylation sites (N-methyl/N-ethyl adjacent to an activating group) is 1. The van der Waals surface area contributed by atoms with Crippen LogP contribution >= 0.6 is 0 Å². The van der Waals surface area contributed by atoms with E-state index in [1.807, 2.05) is 25.2 Å². The fourth-order valence-electron chi connectivity index (χ4n) is 9.06. The standard InChI is InChI=1S/C36H38N2O7/c1-35(2)29-18-26(43-33(39)27-14-20-4-6-22(27)12-20)8-9-30(29)37(3)19-36(35)11-10-24-16-25(38(41)42)17-31(32(24)45-36)44-34(40)28-15-21-5-7-23(28)13-21/h4-9,16-18,20-23,27-28H,10-15,19H2,1-3H3/t20?,21?,22?,23?,27?,28?,36-/m0/s1. The predicted molar refractivity (Wildman–Crippen MR) is 166 cm³/mol. The molecule has 2 saturated carbocycles. The number of anilines is 1. The highest BCUT2D eigenvalue weighted by Crippen LogP contribution is 2.55. The van der Waals surface area contributed by atoms with Crippen LogP contribution in [0.5, 0.6) is 17.2 Å². The molecule has 234 valence electrons. The van der Waals surface area contributed by atoms with E-state index in [9.17, 15) is 19.7 Å². The molecule has 2 aromatic carbocycles. The highest BCUT2D eigenvalue weighted by molar-refractivity contribution is 5.79. The number of hydrogen-bond acceptors (Lipinski definition) is 8. The van der Waals surface area contributed by atoms with Gasteiger partial charge in [0.25, 0.3) is 5.69 Å². The van der Waals surface area contributed by atoms with Gasteiger partial charge in [-0.15, -0.1) is 0 Å². The molecular formula is C36H38N2O7. The first-order chi connectivity index (χ1) is 21.5. The van der Waals surface area contributed by atoms with Crippen molar-refractivity contribution in [1.82, 2.24) is 0 Å². The topological polar surface area (TPSA) is 108 Å². The molecule has 0 N–H and O–H groups in total. The van der Waals surface area contributed by atoms with Crippen LogP contribution in [0, 0.1) is 45.6 Å². The second-order valence-corrected chi connectivity index (χ2v) is 14.6. The molecule has 45 heavy (non-hydrogen) atoms. The van der Waals surface area contributed by atoms with E-state index in [0.29, 0.717) is 48.3 Å². The Bertz CT molecular complexity index is 1690. The second kappa shape index (κ2) is 9.93. The number of ether oxygens (including phenoxy) is 3. The molecule has 9 nitrogen and oxygen atoms in total. The lowest BCUT2D eigenvalue weighted by molar-refractivity contribution is -0.385. The van der Waals surface area contributed by atoms with E-state index in [-0.39, 0.29) is 47.0 Å². The summed E-state index contributed by atoms with van der Waals surface area (Å²) in [5.41, 5.74) is 1.27. The number of allylic oxidation sites excluding steroid dienone is 4. The average molecular weight is 611 g/mol. The van der Waals surface area contributed by atoms with Gasteiger partial charge in [-0.25, -0.2) is 0 Å². The Kier molecular flexibility index (Phi) is 6.25. The fourth-order valence-corrected chi connectivity index (χ4v) is 9.06. The normalized spacial score (nSPS) is 32.7. The number of non-ortho nitro benzene ring substituents is 1. The number of fused-ring (bicyclic) bond motifs is 6. The summed E-state index contributed by atoms with van der Waals surface area (Å²) in [4.78, 5) is 40.2. The number of nitro benzene ring substituents is 1. The molecule has 1 spiro atoms. The first-order valence-corrected chi connectivity index (χ1v) is 16.2. The molecule has 0 amide bonds. The first-order valence-electron chi connectivity index (χ1n) is 16.2. The SMILES string of the molecule is CN1C[C@@]2(CCc3cc([N+](=O)[O-])cc(OC(=O)C4CC5C=CC4C5)c3O2)C(C)(C)c2cc(OC(=O)C3CC4C=CC3C4)ccc21. The van der Waals surface area contributed by atoms with E-state index in [0.717, 1.165) is 36.9 Å². The van der Waals surface area contributed by atoms with Gasteiger partial charge in [-0.3, -0.25) is 19.7 Å². The number of nitro groups is 1. The van der Waals surface area contributed by atoms with E-state index < -0.39 is 15.9 Å². The third-order valence-corrected chi connectivity index (χ3v) is 11.7. The Morgan fingerprint density at radius 3 is 2.20 bits per heavy atom. The minimum atomic E-state index is -0.744. The van der Waals surface area contributed by atoms with Gasteiger partial charge in [0, 0.05) is 29.8 Å². The van der Waals surface area contributed by atoms with Gasteiger partial charge in [0.05, 0.1) is 29.4 Å². The zero-order chi connectivity index (χ0) is 31.2. The summed E-state index contributed by atoms with van der Waals surface area (Å²) in [5, 5.41) is 11.9. The van der Waals surface area contributed by atoms with Crippen molar-refractivity contribution in [3.63, 3.8) is 0 Å². The van der Waals surface area contributed by atoms with Crippen LogP contribution < -0.4 is 19.1 Å².